The monoisotopic (exact) mass is 763 g/mol. The minimum absolute atomic E-state index is 0.0451. The van der Waals surface area contributed by atoms with Gasteiger partial charge in [-0.05, 0) is 90.7 Å². The third-order valence-electron chi connectivity index (χ3n) is 10.3. The fourth-order valence-electron chi connectivity index (χ4n) is 6.34. The minimum Gasteiger partial charge on any atom is -0.491 e. The second kappa shape index (κ2) is 14.4. The van der Waals surface area contributed by atoms with Gasteiger partial charge in [-0.2, -0.15) is 5.10 Å². The lowest BCUT2D eigenvalue weighted by molar-refractivity contribution is 0.0172. The highest BCUT2D eigenvalue weighted by Gasteiger charge is 2.40. The van der Waals surface area contributed by atoms with Crippen molar-refractivity contribution < 1.29 is 23.2 Å². The Morgan fingerprint density at radius 2 is 1.81 bits per heavy atom. The van der Waals surface area contributed by atoms with E-state index in [1.807, 2.05) is 52.9 Å². The van der Waals surface area contributed by atoms with Gasteiger partial charge >= 0.3 is 6.09 Å². The second-order valence-electron chi connectivity index (χ2n) is 17.0. The van der Waals surface area contributed by atoms with Crippen LogP contribution in [0.2, 0.25) is 23.2 Å². The highest BCUT2D eigenvalue weighted by Crippen LogP contribution is 2.42. The molecule has 0 bridgehead atoms. The molecule has 1 aliphatic carbocycles. The highest BCUT2D eigenvalue weighted by atomic mass is 35.5. The number of amides is 1. The van der Waals surface area contributed by atoms with Crippen LogP contribution in [0.15, 0.2) is 28.9 Å². The third-order valence-corrected chi connectivity index (χ3v) is 15.2. The normalized spacial score (nSPS) is 15.5. The van der Waals surface area contributed by atoms with E-state index in [1.165, 1.54) is 24.1 Å². The molecular formula is C39H54ClN7O5Si. The Morgan fingerprint density at radius 1 is 1.09 bits per heavy atom. The number of anilines is 1. The lowest BCUT2D eigenvalue weighted by Gasteiger charge is -2.40. The molecule has 0 N–H and O–H groups in total. The summed E-state index contributed by atoms with van der Waals surface area (Å²) in [7, 11) is -0.519. The number of aryl methyl sites for hydroxylation is 2. The number of likely N-dealkylation sites (N-methyl/N-ethyl adjacent to an activating group) is 1. The molecule has 0 spiro atoms. The van der Waals surface area contributed by atoms with Gasteiger partial charge in [-0.1, -0.05) is 37.5 Å². The zero-order chi connectivity index (χ0) is 38.6. The molecule has 4 heterocycles. The molecule has 4 aromatic rings. The summed E-state index contributed by atoms with van der Waals surface area (Å²) in [5.74, 6) is 2.55. The number of rotatable bonds is 11. The molecule has 3 aromatic heterocycles. The van der Waals surface area contributed by atoms with Crippen molar-refractivity contribution >= 4 is 31.8 Å². The van der Waals surface area contributed by atoms with Crippen LogP contribution in [-0.4, -0.2) is 76.1 Å². The van der Waals surface area contributed by atoms with Crippen LogP contribution in [0.5, 0.6) is 5.75 Å². The summed E-state index contributed by atoms with van der Waals surface area (Å²) in [6.45, 7) is 24.3. The number of nitrogens with zero attached hydrogens (tertiary/aromatic N) is 7. The van der Waals surface area contributed by atoms with Crippen molar-refractivity contribution in [3.8, 4) is 28.4 Å². The summed E-state index contributed by atoms with van der Waals surface area (Å²) in [6, 6.07) is 6.00. The van der Waals surface area contributed by atoms with Crippen molar-refractivity contribution in [1.82, 2.24) is 29.8 Å². The number of carbonyl (C=O) groups excluding carboxylic acids is 1. The van der Waals surface area contributed by atoms with Gasteiger partial charge < -0.3 is 28.2 Å². The molecule has 1 saturated carbocycles. The summed E-state index contributed by atoms with van der Waals surface area (Å²) < 4.78 is 26.7. The van der Waals surface area contributed by atoms with Gasteiger partial charge in [-0.25, -0.2) is 14.8 Å². The third kappa shape index (κ3) is 8.42. The van der Waals surface area contributed by atoms with Crippen LogP contribution in [0.1, 0.15) is 88.7 Å². The summed E-state index contributed by atoms with van der Waals surface area (Å²) in [6.07, 6.45) is 3.50. The number of ether oxygens (including phenoxy) is 2. The standard InChI is InChI=1S/C39H54ClN7O5Si/c1-23-34(33-24(2)44-51-25(33)3)42-35(43-36(23)46-19-26-18-41-47(27-13-14-27)32(26)21-46)30-17-28(15-16-31(30)40)49-22-29(52-53(11,12)39(7,8)9)20-45(10)37(48)50-38(4,5)6/h15-18,27,29H,13-14,19-22H2,1-12H3/t29-/m1/s1. The van der Waals surface area contributed by atoms with Crippen LogP contribution >= 0.6 is 11.6 Å². The van der Waals surface area contributed by atoms with Crippen molar-refractivity contribution in [2.45, 2.75) is 124 Å². The lowest BCUT2D eigenvalue weighted by Crippen LogP contribution is -2.49. The Morgan fingerprint density at radius 3 is 2.43 bits per heavy atom. The molecule has 0 unspecified atom stereocenters. The molecule has 14 heteroatoms. The first-order chi connectivity index (χ1) is 24.7. The van der Waals surface area contributed by atoms with Crippen LogP contribution in [0.3, 0.4) is 0 Å². The van der Waals surface area contributed by atoms with Crippen molar-refractivity contribution in [3.05, 3.63) is 57.7 Å². The maximum absolute atomic E-state index is 12.9. The molecule has 1 atom stereocenters. The maximum Gasteiger partial charge on any atom is 0.410 e. The summed E-state index contributed by atoms with van der Waals surface area (Å²) >= 11 is 6.93. The Kier molecular flexibility index (Phi) is 10.5. The average Bonchev–Trinajstić information content (AvgIpc) is 3.55. The van der Waals surface area contributed by atoms with Crippen LogP contribution in [0.4, 0.5) is 10.6 Å². The van der Waals surface area contributed by atoms with Gasteiger partial charge in [0, 0.05) is 30.3 Å². The number of benzene rings is 1. The van der Waals surface area contributed by atoms with Gasteiger partial charge in [0.25, 0.3) is 0 Å². The summed E-state index contributed by atoms with van der Waals surface area (Å²) in [5, 5.41) is 9.37. The number of fused-ring (bicyclic) bond motifs is 1. The Bertz CT molecular complexity index is 1970. The number of hydrogen-bond donors (Lipinski definition) is 0. The fourth-order valence-corrected chi connectivity index (χ4v) is 7.88. The number of hydrogen-bond acceptors (Lipinski definition) is 10. The summed E-state index contributed by atoms with van der Waals surface area (Å²) in [4.78, 5) is 27.1. The van der Waals surface area contributed by atoms with Crippen LogP contribution in [0, 0.1) is 20.8 Å². The SMILES string of the molecule is Cc1noc(C)c1-c1nc(-c2cc(OC[C@@H](CN(C)C(=O)OC(C)(C)C)O[Si](C)(C)C(C)(C)C)ccc2Cl)nc(N2Cc3cnn(C4CC4)c3C2)c1C. The van der Waals surface area contributed by atoms with E-state index in [0.717, 1.165) is 28.3 Å². The Labute approximate surface area is 319 Å². The zero-order valence-electron chi connectivity index (χ0n) is 33.3. The Hall–Kier alpha value is -3.94. The van der Waals surface area contributed by atoms with E-state index in [2.05, 4.69) is 55.5 Å². The van der Waals surface area contributed by atoms with Crippen molar-refractivity contribution in [1.29, 1.82) is 0 Å². The van der Waals surface area contributed by atoms with E-state index < -0.39 is 26.1 Å². The van der Waals surface area contributed by atoms with Crippen LogP contribution < -0.4 is 9.64 Å². The van der Waals surface area contributed by atoms with E-state index in [9.17, 15) is 4.79 Å². The van der Waals surface area contributed by atoms with Gasteiger partial charge in [0.05, 0.1) is 59.1 Å². The van der Waals surface area contributed by atoms with E-state index in [4.69, 9.17) is 45.1 Å². The Balaban J connectivity index is 1.32. The second-order valence-corrected chi connectivity index (χ2v) is 22.2. The molecule has 12 nitrogen and oxygen atoms in total. The summed E-state index contributed by atoms with van der Waals surface area (Å²) in [5.41, 5.74) is 5.75. The molecule has 1 amide bonds. The number of carbonyl (C=O) groups is 1. The zero-order valence-corrected chi connectivity index (χ0v) is 35.0. The first-order valence-corrected chi connectivity index (χ1v) is 21.7. The predicted molar refractivity (Wildman–Crippen MR) is 209 cm³/mol. The van der Waals surface area contributed by atoms with Gasteiger partial charge in [0.15, 0.2) is 14.1 Å². The number of halogens is 1. The molecule has 1 aromatic carbocycles. The van der Waals surface area contributed by atoms with Crippen molar-refractivity contribution in [2.24, 2.45) is 0 Å². The molecule has 53 heavy (non-hydrogen) atoms. The molecule has 2 aliphatic rings. The molecule has 1 fully saturated rings. The van der Waals surface area contributed by atoms with Crippen LogP contribution in [0.25, 0.3) is 22.6 Å². The average molecular weight is 764 g/mol. The molecule has 286 valence electrons. The topological polar surface area (TPSA) is 121 Å². The molecular weight excluding hydrogens is 710 g/mol. The fraction of sp³-hybridized carbons (Fsp3) is 0.564. The molecule has 1 aliphatic heterocycles. The quantitative estimate of drug-likeness (QED) is 0.137. The van der Waals surface area contributed by atoms with Gasteiger partial charge in [0.2, 0.25) is 0 Å². The first kappa shape index (κ1) is 38.8. The first-order valence-electron chi connectivity index (χ1n) is 18.4. The molecule has 0 saturated heterocycles. The van der Waals surface area contributed by atoms with E-state index >= 15 is 0 Å². The maximum atomic E-state index is 12.9. The van der Waals surface area contributed by atoms with Gasteiger partial charge in [0.1, 0.15) is 29.5 Å². The highest BCUT2D eigenvalue weighted by molar-refractivity contribution is 6.74. The predicted octanol–water partition coefficient (Wildman–Crippen LogP) is 9.06. The lowest BCUT2D eigenvalue weighted by atomic mass is 10.0. The number of aromatic nitrogens is 5. The minimum atomic E-state index is -2.24. The largest absolute Gasteiger partial charge is 0.491 e. The van der Waals surface area contributed by atoms with E-state index in [-0.39, 0.29) is 11.6 Å². The van der Waals surface area contributed by atoms with Gasteiger partial charge in [-0.3, -0.25) is 4.68 Å². The smallest absolute Gasteiger partial charge is 0.410 e. The molecule has 6 rings (SSSR count). The molecule has 0 radical (unpaired) electrons. The van der Waals surface area contributed by atoms with Crippen LogP contribution in [-0.2, 0) is 22.3 Å². The van der Waals surface area contributed by atoms with Crippen molar-refractivity contribution in [2.75, 3.05) is 25.1 Å². The van der Waals surface area contributed by atoms with E-state index in [1.54, 1.807) is 18.0 Å². The van der Waals surface area contributed by atoms with E-state index in [0.29, 0.717) is 53.6 Å². The van der Waals surface area contributed by atoms with Crippen molar-refractivity contribution in [3.63, 3.8) is 0 Å². The van der Waals surface area contributed by atoms with Gasteiger partial charge in [-0.15, -0.1) is 0 Å².